The van der Waals surface area contributed by atoms with E-state index in [4.69, 9.17) is 0 Å². The third-order valence-corrected chi connectivity index (χ3v) is 6.46. The van der Waals surface area contributed by atoms with E-state index >= 15 is 0 Å². The predicted octanol–water partition coefficient (Wildman–Crippen LogP) is 6.20. The molecule has 1 N–H and O–H groups in total. The highest BCUT2D eigenvalue weighted by molar-refractivity contribution is 9.10. The Kier molecular flexibility index (Phi) is 5.27. The van der Waals surface area contributed by atoms with Crippen LogP contribution in [0.4, 0.5) is 16.2 Å². The SMILES string of the molecule is Cc1cccc([C@@]2(C)C(O)N(c3ccc(Br)cc3)C(=O)N2c2ccc(Br)cc2)c1. The van der Waals surface area contributed by atoms with E-state index in [9.17, 15) is 9.90 Å². The van der Waals surface area contributed by atoms with Gasteiger partial charge in [-0.05, 0) is 67.9 Å². The van der Waals surface area contributed by atoms with Crippen molar-refractivity contribution in [1.82, 2.24) is 0 Å². The number of hydrogen-bond acceptors (Lipinski definition) is 2. The Morgan fingerprint density at radius 2 is 1.45 bits per heavy atom. The number of carbonyl (C=O) groups excluding carboxylic acids is 1. The first-order valence-corrected chi connectivity index (χ1v) is 10.8. The molecule has 1 aliphatic heterocycles. The number of amides is 2. The number of hydrogen-bond donors (Lipinski definition) is 1. The molecule has 1 unspecified atom stereocenters. The molecule has 0 bridgehead atoms. The topological polar surface area (TPSA) is 43.8 Å². The summed E-state index contributed by atoms with van der Waals surface area (Å²) >= 11 is 6.88. The third kappa shape index (κ3) is 3.39. The lowest BCUT2D eigenvalue weighted by atomic mass is 9.88. The lowest BCUT2D eigenvalue weighted by Crippen LogP contribution is -2.47. The highest BCUT2D eigenvalue weighted by Crippen LogP contribution is 2.45. The lowest BCUT2D eigenvalue weighted by Gasteiger charge is -2.36. The molecule has 0 spiro atoms. The fraction of sp³-hybridized carbons (Fsp3) is 0.174. The van der Waals surface area contributed by atoms with Crippen molar-refractivity contribution >= 4 is 49.3 Å². The quantitative estimate of drug-likeness (QED) is 0.451. The molecule has 0 radical (unpaired) electrons. The van der Waals surface area contributed by atoms with E-state index in [1.165, 1.54) is 4.90 Å². The summed E-state index contributed by atoms with van der Waals surface area (Å²) in [7, 11) is 0. The van der Waals surface area contributed by atoms with Gasteiger partial charge in [-0.15, -0.1) is 0 Å². The van der Waals surface area contributed by atoms with Crippen molar-refractivity contribution in [2.75, 3.05) is 9.80 Å². The number of rotatable bonds is 3. The van der Waals surface area contributed by atoms with Crippen LogP contribution in [0.25, 0.3) is 0 Å². The zero-order valence-electron chi connectivity index (χ0n) is 16.0. The van der Waals surface area contributed by atoms with Crippen LogP contribution in [-0.4, -0.2) is 17.4 Å². The van der Waals surface area contributed by atoms with Crippen molar-refractivity contribution in [3.05, 3.63) is 92.9 Å². The summed E-state index contributed by atoms with van der Waals surface area (Å²) < 4.78 is 1.84. The van der Waals surface area contributed by atoms with E-state index < -0.39 is 11.8 Å². The van der Waals surface area contributed by atoms with E-state index in [0.29, 0.717) is 5.69 Å². The van der Waals surface area contributed by atoms with E-state index in [1.54, 1.807) is 4.90 Å². The number of aryl methyl sites for hydroxylation is 1. The summed E-state index contributed by atoms with van der Waals surface area (Å²) in [4.78, 5) is 16.8. The molecular formula is C23H20Br2N2O2. The Balaban J connectivity index is 1.90. The summed E-state index contributed by atoms with van der Waals surface area (Å²) in [6.07, 6.45) is -1.07. The van der Waals surface area contributed by atoms with Crippen molar-refractivity contribution in [3.8, 4) is 0 Å². The Bertz CT molecular complexity index is 1050. The molecule has 29 heavy (non-hydrogen) atoms. The van der Waals surface area contributed by atoms with Gasteiger partial charge < -0.3 is 5.11 Å². The molecule has 6 heteroatoms. The highest BCUT2D eigenvalue weighted by atomic mass is 79.9. The van der Waals surface area contributed by atoms with Gasteiger partial charge in [-0.3, -0.25) is 9.80 Å². The summed E-state index contributed by atoms with van der Waals surface area (Å²) in [5.74, 6) is 0. The average Bonchev–Trinajstić information content (AvgIpc) is 2.90. The zero-order valence-corrected chi connectivity index (χ0v) is 19.2. The maximum absolute atomic E-state index is 13.6. The number of nitrogens with zero attached hydrogens (tertiary/aromatic N) is 2. The Morgan fingerprint density at radius 3 is 2.00 bits per heavy atom. The Hall–Kier alpha value is -2.15. The van der Waals surface area contributed by atoms with E-state index in [1.807, 2.05) is 86.6 Å². The van der Waals surface area contributed by atoms with Gasteiger partial charge in [0.25, 0.3) is 0 Å². The van der Waals surface area contributed by atoms with Gasteiger partial charge in [0.05, 0.1) is 0 Å². The predicted molar refractivity (Wildman–Crippen MR) is 123 cm³/mol. The summed E-state index contributed by atoms with van der Waals surface area (Å²) in [6, 6.07) is 22.6. The maximum Gasteiger partial charge on any atom is 0.332 e. The minimum Gasteiger partial charge on any atom is -0.370 e. The molecule has 0 aliphatic carbocycles. The van der Waals surface area contributed by atoms with Crippen LogP contribution in [0.1, 0.15) is 18.1 Å². The first-order valence-electron chi connectivity index (χ1n) is 9.22. The average molecular weight is 516 g/mol. The Labute approximate surface area is 187 Å². The van der Waals surface area contributed by atoms with E-state index in [-0.39, 0.29) is 6.03 Å². The van der Waals surface area contributed by atoms with E-state index in [0.717, 1.165) is 25.8 Å². The molecule has 1 fully saturated rings. The molecule has 4 nitrogen and oxygen atoms in total. The second kappa shape index (κ2) is 7.59. The van der Waals surface area contributed by atoms with Crippen molar-refractivity contribution in [1.29, 1.82) is 0 Å². The second-order valence-corrected chi connectivity index (χ2v) is 9.16. The number of carbonyl (C=O) groups is 1. The second-order valence-electron chi connectivity index (χ2n) is 7.33. The zero-order chi connectivity index (χ0) is 20.8. The molecule has 4 rings (SSSR count). The maximum atomic E-state index is 13.6. The van der Waals surface area contributed by atoms with Gasteiger partial charge in [0.2, 0.25) is 0 Å². The van der Waals surface area contributed by atoms with Crippen LogP contribution in [0, 0.1) is 6.92 Å². The van der Waals surface area contributed by atoms with Crippen LogP contribution in [0.2, 0.25) is 0 Å². The third-order valence-electron chi connectivity index (χ3n) is 5.40. The summed E-state index contributed by atoms with van der Waals surface area (Å²) in [5.41, 5.74) is 2.34. The van der Waals surface area contributed by atoms with Gasteiger partial charge in [-0.1, -0.05) is 61.7 Å². The fourth-order valence-electron chi connectivity index (χ4n) is 3.84. The van der Waals surface area contributed by atoms with Crippen molar-refractivity contribution < 1.29 is 9.90 Å². The van der Waals surface area contributed by atoms with Crippen LogP contribution in [0.3, 0.4) is 0 Å². The number of halogens is 2. The van der Waals surface area contributed by atoms with Gasteiger partial charge in [-0.2, -0.15) is 0 Å². The molecular weight excluding hydrogens is 496 g/mol. The van der Waals surface area contributed by atoms with Crippen molar-refractivity contribution in [2.24, 2.45) is 0 Å². The van der Waals surface area contributed by atoms with Crippen LogP contribution in [0.5, 0.6) is 0 Å². The van der Waals surface area contributed by atoms with Crippen molar-refractivity contribution in [3.63, 3.8) is 0 Å². The minimum atomic E-state index is -1.07. The van der Waals surface area contributed by atoms with Gasteiger partial charge in [0, 0.05) is 20.3 Å². The lowest BCUT2D eigenvalue weighted by molar-refractivity contribution is 0.119. The summed E-state index contributed by atoms with van der Waals surface area (Å²) in [5, 5.41) is 11.5. The largest absolute Gasteiger partial charge is 0.370 e. The van der Waals surface area contributed by atoms with Gasteiger partial charge in [0.15, 0.2) is 6.23 Å². The van der Waals surface area contributed by atoms with E-state index in [2.05, 4.69) is 31.9 Å². The molecule has 0 aromatic heterocycles. The normalized spacial score (nSPS) is 21.7. The van der Waals surface area contributed by atoms with Crippen LogP contribution < -0.4 is 9.80 Å². The van der Waals surface area contributed by atoms with Gasteiger partial charge in [-0.25, -0.2) is 4.79 Å². The monoisotopic (exact) mass is 514 g/mol. The molecule has 148 valence electrons. The van der Waals surface area contributed by atoms with Crippen LogP contribution >= 0.6 is 31.9 Å². The fourth-order valence-corrected chi connectivity index (χ4v) is 4.37. The van der Waals surface area contributed by atoms with Crippen LogP contribution in [-0.2, 0) is 5.54 Å². The van der Waals surface area contributed by atoms with Crippen LogP contribution in [0.15, 0.2) is 81.7 Å². The smallest absolute Gasteiger partial charge is 0.332 e. The molecule has 3 aromatic rings. The molecule has 1 aliphatic rings. The molecule has 1 saturated heterocycles. The van der Waals surface area contributed by atoms with Crippen molar-refractivity contribution in [2.45, 2.75) is 25.6 Å². The Morgan fingerprint density at radius 1 is 0.897 bits per heavy atom. The standard InChI is InChI=1S/C23H20Br2N2O2/c1-15-4-3-5-16(14-15)23(2)21(28)26(19-10-6-17(24)7-11-19)22(29)27(23)20-12-8-18(25)9-13-20/h3-14,21,28H,1-2H3/t21?,23-/m0/s1. The number of anilines is 2. The first-order chi connectivity index (χ1) is 13.8. The minimum absolute atomic E-state index is 0.272. The molecule has 1 heterocycles. The molecule has 2 atom stereocenters. The number of aliphatic hydroxyl groups excluding tert-OH is 1. The first kappa shape index (κ1) is 20.1. The summed E-state index contributed by atoms with van der Waals surface area (Å²) in [6.45, 7) is 3.91. The number of urea groups is 1. The van der Waals surface area contributed by atoms with Gasteiger partial charge in [0.1, 0.15) is 5.54 Å². The molecule has 3 aromatic carbocycles. The van der Waals surface area contributed by atoms with Gasteiger partial charge >= 0.3 is 6.03 Å². The highest BCUT2D eigenvalue weighted by Gasteiger charge is 2.56. The number of aliphatic hydroxyl groups is 1. The molecule has 0 saturated carbocycles. The number of benzene rings is 3. The molecule has 2 amide bonds.